The highest BCUT2D eigenvalue weighted by Crippen LogP contribution is 2.44. The molecule has 1 unspecified atom stereocenters. The molecule has 0 fully saturated rings. The van der Waals surface area contributed by atoms with E-state index < -0.39 is 23.6 Å². The van der Waals surface area contributed by atoms with Gasteiger partial charge < -0.3 is 15.2 Å². The van der Waals surface area contributed by atoms with Crippen molar-refractivity contribution in [2.24, 2.45) is 5.73 Å². The predicted octanol–water partition coefficient (Wildman–Crippen LogP) is 3.95. The van der Waals surface area contributed by atoms with Crippen LogP contribution in [-0.2, 0) is 20.4 Å². The number of halogens is 4. The summed E-state index contributed by atoms with van der Waals surface area (Å²) >= 11 is 1.56. The normalized spacial score (nSPS) is 17.7. The van der Waals surface area contributed by atoms with Crippen LogP contribution < -0.4 is 5.73 Å². The molecule has 1 aromatic rings. The quantitative estimate of drug-likeness (QED) is 0.526. The molecule has 0 saturated heterocycles. The average molecular weight is 478 g/mol. The number of nitriles is 1. The van der Waals surface area contributed by atoms with Gasteiger partial charge in [0.25, 0.3) is 0 Å². The van der Waals surface area contributed by atoms with Crippen molar-refractivity contribution in [1.82, 2.24) is 0 Å². The Bertz CT molecular complexity index is 854. The molecule has 1 atom stereocenters. The molecule has 26 heavy (non-hydrogen) atoms. The van der Waals surface area contributed by atoms with Gasteiger partial charge >= 0.3 is 12.1 Å². The molecule has 0 amide bonds. The number of hydrogen-bond acceptors (Lipinski definition) is 5. The van der Waals surface area contributed by atoms with Crippen molar-refractivity contribution < 1.29 is 27.4 Å². The van der Waals surface area contributed by atoms with Gasteiger partial charge in [-0.05, 0) is 48.1 Å². The van der Waals surface area contributed by atoms with Gasteiger partial charge in [0, 0.05) is 3.57 Å². The molecule has 2 N–H and O–H groups in total. The molecular weight excluding hydrogens is 464 g/mol. The van der Waals surface area contributed by atoms with Crippen molar-refractivity contribution in [3.8, 4) is 6.07 Å². The molecule has 2 rings (SSSR count). The molecule has 1 aromatic carbocycles. The molecule has 1 heterocycles. The standard InChI is InChI=1S/C17H14F3IN2O3/c1-3-25-16(24)12-8(2)26-15(23)10(7-22)13(12)9-5-4-6-11(14(9)21)17(18,19)20/h4-6,13H,3,23H2,1-2H3. The fourth-order valence-corrected chi connectivity index (χ4v) is 3.63. The van der Waals surface area contributed by atoms with Crippen LogP contribution in [0.1, 0.15) is 30.9 Å². The maximum atomic E-state index is 13.3. The fraction of sp³-hybridized carbons (Fsp3) is 0.294. The van der Waals surface area contributed by atoms with Crippen LogP contribution in [0.25, 0.3) is 0 Å². The summed E-state index contributed by atoms with van der Waals surface area (Å²) in [7, 11) is 0. The van der Waals surface area contributed by atoms with Crippen LogP contribution in [0.2, 0.25) is 0 Å². The van der Waals surface area contributed by atoms with Crippen LogP contribution in [-0.4, -0.2) is 12.6 Å². The number of carbonyl (C=O) groups excluding carboxylic acids is 1. The molecule has 0 aliphatic carbocycles. The molecule has 1 aliphatic heterocycles. The molecule has 5 nitrogen and oxygen atoms in total. The lowest BCUT2D eigenvalue weighted by molar-refractivity contribution is -0.139. The zero-order valence-electron chi connectivity index (χ0n) is 13.8. The van der Waals surface area contributed by atoms with Crippen molar-refractivity contribution in [3.63, 3.8) is 0 Å². The van der Waals surface area contributed by atoms with E-state index in [2.05, 4.69) is 0 Å². The number of nitrogens with zero attached hydrogens (tertiary/aromatic N) is 1. The number of rotatable bonds is 3. The Morgan fingerprint density at radius 1 is 1.46 bits per heavy atom. The lowest BCUT2D eigenvalue weighted by Crippen LogP contribution is -2.26. The van der Waals surface area contributed by atoms with Crippen LogP contribution in [0, 0.1) is 14.9 Å². The van der Waals surface area contributed by atoms with E-state index in [-0.39, 0.29) is 38.5 Å². The number of benzene rings is 1. The average Bonchev–Trinajstić information content (AvgIpc) is 2.53. The molecule has 0 saturated carbocycles. The minimum Gasteiger partial charge on any atom is -0.463 e. The highest BCUT2D eigenvalue weighted by atomic mass is 127. The summed E-state index contributed by atoms with van der Waals surface area (Å²) < 4.78 is 49.9. The number of ether oxygens (including phenoxy) is 2. The van der Waals surface area contributed by atoms with Crippen LogP contribution >= 0.6 is 22.6 Å². The zero-order chi connectivity index (χ0) is 19.6. The van der Waals surface area contributed by atoms with Crippen molar-refractivity contribution >= 4 is 28.6 Å². The number of carbonyl (C=O) groups is 1. The first-order chi connectivity index (χ1) is 12.1. The Morgan fingerprint density at radius 2 is 2.12 bits per heavy atom. The second-order valence-electron chi connectivity index (χ2n) is 5.32. The number of alkyl halides is 3. The molecule has 0 aromatic heterocycles. The second kappa shape index (κ2) is 7.57. The summed E-state index contributed by atoms with van der Waals surface area (Å²) in [4.78, 5) is 12.4. The van der Waals surface area contributed by atoms with Crippen molar-refractivity contribution in [3.05, 3.63) is 55.7 Å². The van der Waals surface area contributed by atoms with E-state index in [1.54, 1.807) is 29.5 Å². The SMILES string of the molecule is CCOC(=O)C1=C(C)OC(N)=C(C#N)C1c1cccc(C(F)(F)F)c1I. The molecule has 1 aliphatic rings. The number of hydrogen-bond donors (Lipinski definition) is 1. The van der Waals surface area contributed by atoms with Crippen molar-refractivity contribution in [2.45, 2.75) is 25.9 Å². The largest absolute Gasteiger partial charge is 0.463 e. The van der Waals surface area contributed by atoms with Crippen molar-refractivity contribution in [1.29, 1.82) is 5.26 Å². The second-order valence-corrected chi connectivity index (χ2v) is 6.40. The first-order valence-corrected chi connectivity index (χ1v) is 8.52. The molecule has 0 bridgehead atoms. The number of nitrogens with two attached hydrogens (primary N) is 1. The lowest BCUT2D eigenvalue weighted by Gasteiger charge is -2.28. The van der Waals surface area contributed by atoms with Gasteiger partial charge in [-0.25, -0.2) is 4.79 Å². The van der Waals surface area contributed by atoms with Gasteiger partial charge in [0.1, 0.15) is 17.4 Å². The van der Waals surface area contributed by atoms with Gasteiger partial charge in [-0.3, -0.25) is 0 Å². The van der Waals surface area contributed by atoms with E-state index >= 15 is 0 Å². The maximum Gasteiger partial charge on any atom is 0.417 e. The third-order valence-corrected chi connectivity index (χ3v) is 4.95. The predicted molar refractivity (Wildman–Crippen MR) is 94.1 cm³/mol. The summed E-state index contributed by atoms with van der Waals surface area (Å²) in [5, 5.41) is 9.46. The van der Waals surface area contributed by atoms with E-state index in [1.165, 1.54) is 19.1 Å². The Kier molecular flexibility index (Phi) is 5.85. The van der Waals surface area contributed by atoms with Gasteiger partial charge in [-0.15, -0.1) is 0 Å². The van der Waals surface area contributed by atoms with E-state index in [9.17, 15) is 23.2 Å². The van der Waals surface area contributed by atoms with Gasteiger partial charge in [-0.1, -0.05) is 12.1 Å². The summed E-state index contributed by atoms with van der Waals surface area (Å²) in [6.45, 7) is 3.10. The zero-order valence-corrected chi connectivity index (χ0v) is 15.9. The molecular formula is C17H14F3IN2O3. The van der Waals surface area contributed by atoms with Gasteiger partial charge in [0.2, 0.25) is 5.88 Å². The highest BCUT2D eigenvalue weighted by Gasteiger charge is 2.40. The van der Waals surface area contributed by atoms with Crippen molar-refractivity contribution in [2.75, 3.05) is 6.61 Å². The third-order valence-electron chi connectivity index (χ3n) is 3.75. The minimum atomic E-state index is -4.58. The van der Waals surface area contributed by atoms with E-state index in [0.29, 0.717) is 0 Å². The molecule has 9 heteroatoms. The molecule has 138 valence electrons. The van der Waals surface area contributed by atoms with Gasteiger partial charge in [0.15, 0.2) is 0 Å². The highest BCUT2D eigenvalue weighted by molar-refractivity contribution is 14.1. The van der Waals surface area contributed by atoms with Crippen LogP contribution in [0.3, 0.4) is 0 Å². The lowest BCUT2D eigenvalue weighted by atomic mass is 9.82. The summed E-state index contributed by atoms with van der Waals surface area (Å²) in [5.74, 6) is -2.06. The molecule has 0 radical (unpaired) electrons. The van der Waals surface area contributed by atoms with Gasteiger partial charge in [0.05, 0.1) is 23.7 Å². The third kappa shape index (κ3) is 3.65. The smallest absolute Gasteiger partial charge is 0.417 e. The summed E-state index contributed by atoms with van der Waals surface area (Å²) in [6, 6.07) is 5.42. The molecule has 0 spiro atoms. The minimum absolute atomic E-state index is 0.0464. The summed E-state index contributed by atoms with van der Waals surface area (Å²) in [5.41, 5.74) is 4.82. The Morgan fingerprint density at radius 3 is 2.65 bits per heavy atom. The summed E-state index contributed by atoms with van der Waals surface area (Å²) in [6.07, 6.45) is -4.58. The monoisotopic (exact) mass is 478 g/mol. The van der Waals surface area contributed by atoms with Crippen LogP contribution in [0.15, 0.2) is 41.0 Å². The first-order valence-electron chi connectivity index (χ1n) is 7.44. The topological polar surface area (TPSA) is 85.3 Å². The first kappa shape index (κ1) is 20.1. The number of allylic oxidation sites excluding steroid dienone is 2. The fourth-order valence-electron chi connectivity index (χ4n) is 2.66. The van der Waals surface area contributed by atoms with Crippen LogP contribution in [0.5, 0.6) is 0 Å². The van der Waals surface area contributed by atoms with E-state index in [0.717, 1.165) is 6.07 Å². The van der Waals surface area contributed by atoms with Gasteiger partial charge in [-0.2, -0.15) is 18.4 Å². The van der Waals surface area contributed by atoms with E-state index in [4.69, 9.17) is 15.2 Å². The Hall–Kier alpha value is -2.22. The van der Waals surface area contributed by atoms with Crippen LogP contribution in [0.4, 0.5) is 13.2 Å². The number of esters is 1. The Labute approximate surface area is 161 Å². The maximum absolute atomic E-state index is 13.3. The Balaban J connectivity index is 2.75. The van der Waals surface area contributed by atoms with E-state index in [1.807, 2.05) is 6.07 Å².